The Bertz CT molecular complexity index is 924. The van der Waals surface area contributed by atoms with Gasteiger partial charge in [-0.3, -0.25) is 9.78 Å². The van der Waals surface area contributed by atoms with E-state index in [-0.39, 0.29) is 11.9 Å². The summed E-state index contributed by atoms with van der Waals surface area (Å²) in [5.74, 6) is -0.196. The van der Waals surface area contributed by atoms with Crippen LogP contribution in [0.15, 0.2) is 72.8 Å². The van der Waals surface area contributed by atoms with Gasteiger partial charge in [0.05, 0.1) is 12.2 Å². The largest absolute Gasteiger partial charge is 0.346 e. The fraction of sp³-hybridized carbons (Fsp3) is 0.0952. The molecule has 3 amide bonds. The van der Waals surface area contributed by atoms with Gasteiger partial charge >= 0.3 is 6.03 Å². The Kier molecular flexibility index (Phi) is 5.79. The Labute approximate surface area is 157 Å². The molecule has 0 bridgehead atoms. The Balaban J connectivity index is 1.53. The number of benzene rings is 2. The van der Waals surface area contributed by atoms with Crippen molar-refractivity contribution >= 4 is 23.3 Å². The summed E-state index contributed by atoms with van der Waals surface area (Å²) in [6, 6.07) is 21.2. The summed E-state index contributed by atoms with van der Waals surface area (Å²) < 4.78 is 0. The van der Waals surface area contributed by atoms with Crippen LogP contribution in [0.1, 0.15) is 21.7 Å². The zero-order valence-electron chi connectivity index (χ0n) is 14.9. The predicted molar refractivity (Wildman–Crippen MR) is 106 cm³/mol. The van der Waals surface area contributed by atoms with Crippen molar-refractivity contribution in [2.75, 3.05) is 10.6 Å². The van der Waals surface area contributed by atoms with Crippen LogP contribution in [-0.2, 0) is 6.54 Å². The van der Waals surface area contributed by atoms with E-state index in [1.54, 1.807) is 36.4 Å². The predicted octanol–water partition coefficient (Wildman–Crippen LogP) is 3.96. The number of para-hydroxylation sites is 1. The molecule has 0 aliphatic heterocycles. The molecule has 0 radical (unpaired) electrons. The normalized spacial score (nSPS) is 10.1. The highest BCUT2D eigenvalue weighted by atomic mass is 16.2. The summed E-state index contributed by atoms with van der Waals surface area (Å²) in [6.07, 6.45) is 0. The number of hydrogen-bond donors (Lipinski definition) is 3. The highest BCUT2D eigenvalue weighted by Gasteiger charge is 2.07. The minimum Gasteiger partial charge on any atom is -0.346 e. The van der Waals surface area contributed by atoms with Crippen LogP contribution in [0.5, 0.6) is 0 Å². The number of anilines is 2. The number of rotatable bonds is 5. The molecular formula is C21H20N4O2. The van der Waals surface area contributed by atoms with Gasteiger partial charge in [0.15, 0.2) is 0 Å². The van der Waals surface area contributed by atoms with Crippen LogP contribution < -0.4 is 16.0 Å². The second-order valence-electron chi connectivity index (χ2n) is 5.98. The van der Waals surface area contributed by atoms with Gasteiger partial charge in [-0.1, -0.05) is 24.3 Å². The standard InChI is InChI=1S/C21H20N4O2/c1-15-6-5-9-19(23-15)14-22-20(26)16-10-12-18(13-11-16)25-21(27)24-17-7-3-2-4-8-17/h2-13H,14H2,1H3,(H,22,26)(H2,24,25,27). The van der Waals surface area contributed by atoms with E-state index >= 15 is 0 Å². The minimum atomic E-state index is -0.344. The molecule has 6 heteroatoms. The summed E-state index contributed by atoms with van der Waals surface area (Å²) in [4.78, 5) is 28.6. The average molecular weight is 360 g/mol. The van der Waals surface area contributed by atoms with Gasteiger partial charge in [0, 0.05) is 22.6 Å². The number of hydrogen-bond acceptors (Lipinski definition) is 3. The van der Waals surface area contributed by atoms with Crippen LogP contribution in [-0.4, -0.2) is 16.9 Å². The van der Waals surface area contributed by atoms with Gasteiger partial charge in [0.2, 0.25) is 0 Å². The highest BCUT2D eigenvalue weighted by molar-refractivity contribution is 6.00. The maximum Gasteiger partial charge on any atom is 0.323 e. The van der Waals surface area contributed by atoms with E-state index in [4.69, 9.17) is 0 Å². The number of carbonyl (C=O) groups excluding carboxylic acids is 2. The number of pyridine rings is 1. The van der Waals surface area contributed by atoms with Gasteiger partial charge in [-0.25, -0.2) is 4.79 Å². The maximum absolute atomic E-state index is 12.2. The quantitative estimate of drug-likeness (QED) is 0.644. The maximum atomic E-state index is 12.2. The first-order valence-electron chi connectivity index (χ1n) is 8.54. The molecule has 0 fully saturated rings. The van der Waals surface area contributed by atoms with Crippen LogP contribution in [0.2, 0.25) is 0 Å². The molecule has 3 aromatic rings. The first-order valence-corrected chi connectivity index (χ1v) is 8.54. The zero-order valence-corrected chi connectivity index (χ0v) is 14.9. The fourth-order valence-corrected chi connectivity index (χ4v) is 2.49. The third kappa shape index (κ3) is 5.40. The van der Waals surface area contributed by atoms with Crippen molar-refractivity contribution in [3.63, 3.8) is 0 Å². The molecule has 2 aromatic carbocycles. The van der Waals surface area contributed by atoms with Crippen LogP contribution in [0.4, 0.5) is 16.2 Å². The zero-order chi connectivity index (χ0) is 19.1. The van der Waals surface area contributed by atoms with Crippen molar-refractivity contribution in [1.82, 2.24) is 10.3 Å². The first-order chi connectivity index (χ1) is 13.1. The van der Waals surface area contributed by atoms with Crippen LogP contribution >= 0.6 is 0 Å². The van der Waals surface area contributed by atoms with Gasteiger partial charge < -0.3 is 16.0 Å². The molecule has 1 aromatic heterocycles. The third-order valence-corrected chi connectivity index (χ3v) is 3.81. The Morgan fingerprint density at radius 2 is 1.48 bits per heavy atom. The van der Waals surface area contributed by atoms with Crippen LogP contribution in [0.3, 0.4) is 0 Å². The SMILES string of the molecule is Cc1cccc(CNC(=O)c2ccc(NC(=O)Nc3ccccc3)cc2)n1. The molecule has 27 heavy (non-hydrogen) atoms. The number of carbonyl (C=O) groups is 2. The van der Waals surface area contributed by atoms with Crippen LogP contribution in [0.25, 0.3) is 0 Å². The number of nitrogens with one attached hydrogen (secondary N) is 3. The molecule has 0 aliphatic rings. The van der Waals surface area contributed by atoms with Crippen molar-refractivity contribution < 1.29 is 9.59 Å². The Hall–Kier alpha value is -3.67. The van der Waals surface area contributed by atoms with Gasteiger partial charge in [0.1, 0.15) is 0 Å². The molecule has 0 atom stereocenters. The highest BCUT2D eigenvalue weighted by Crippen LogP contribution is 2.11. The number of amides is 3. The second kappa shape index (κ2) is 8.62. The lowest BCUT2D eigenvalue weighted by molar-refractivity contribution is 0.0950. The lowest BCUT2D eigenvalue weighted by atomic mass is 10.2. The molecule has 0 saturated carbocycles. The van der Waals surface area contributed by atoms with Gasteiger partial charge in [0.25, 0.3) is 5.91 Å². The van der Waals surface area contributed by atoms with E-state index in [2.05, 4.69) is 20.9 Å². The topological polar surface area (TPSA) is 83.1 Å². The molecule has 0 unspecified atom stereocenters. The van der Waals surface area contributed by atoms with Crippen molar-refractivity contribution in [3.8, 4) is 0 Å². The average Bonchev–Trinajstić information content (AvgIpc) is 2.67. The lowest BCUT2D eigenvalue weighted by Crippen LogP contribution is -2.23. The molecule has 0 saturated heterocycles. The fourth-order valence-electron chi connectivity index (χ4n) is 2.49. The second-order valence-corrected chi connectivity index (χ2v) is 5.98. The third-order valence-electron chi connectivity index (χ3n) is 3.81. The number of nitrogens with zero attached hydrogens (tertiary/aromatic N) is 1. The van der Waals surface area contributed by atoms with Crippen molar-refractivity contribution in [2.45, 2.75) is 13.5 Å². The Morgan fingerprint density at radius 1 is 0.815 bits per heavy atom. The molecule has 6 nitrogen and oxygen atoms in total. The first kappa shape index (κ1) is 18.1. The molecule has 136 valence electrons. The summed E-state index contributed by atoms with van der Waals surface area (Å²) in [5.41, 5.74) is 3.53. The molecule has 3 rings (SSSR count). The van der Waals surface area contributed by atoms with E-state index < -0.39 is 0 Å². The molecule has 0 spiro atoms. The summed E-state index contributed by atoms with van der Waals surface area (Å²) in [6.45, 7) is 2.27. The Morgan fingerprint density at radius 3 is 2.15 bits per heavy atom. The van der Waals surface area contributed by atoms with E-state index in [0.717, 1.165) is 11.4 Å². The van der Waals surface area contributed by atoms with E-state index in [1.165, 1.54) is 0 Å². The van der Waals surface area contributed by atoms with Crippen molar-refractivity contribution in [2.24, 2.45) is 0 Å². The number of aromatic nitrogens is 1. The summed E-state index contributed by atoms with van der Waals surface area (Å²) >= 11 is 0. The van der Waals surface area contributed by atoms with E-state index in [0.29, 0.717) is 23.5 Å². The summed E-state index contributed by atoms with van der Waals surface area (Å²) in [7, 11) is 0. The van der Waals surface area contributed by atoms with Gasteiger partial charge in [-0.05, 0) is 55.5 Å². The molecule has 0 aliphatic carbocycles. The van der Waals surface area contributed by atoms with Gasteiger partial charge in [-0.15, -0.1) is 0 Å². The lowest BCUT2D eigenvalue weighted by Gasteiger charge is -2.09. The van der Waals surface area contributed by atoms with Crippen molar-refractivity contribution in [1.29, 1.82) is 0 Å². The molecular weight excluding hydrogens is 340 g/mol. The monoisotopic (exact) mass is 360 g/mol. The minimum absolute atomic E-state index is 0.196. The van der Waals surface area contributed by atoms with E-state index in [9.17, 15) is 9.59 Å². The molecule has 1 heterocycles. The smallest absolute Gasteiger partial charge is 0.323 e. The molecule has 3 N–H and O–H groups in total. The van der Waals surface area contributed by atoms with E-state index in [1.807, 2.05) is 43.3 Å². The van der Waals surface area contributed by atoms with Crippen LogP contribution in [0, 0.1) is 6.92 Å². The summed E-state index contributed by atoms with van der Waals surface area (Å²) in [5, 5.41) is 8.30. The number of aryl methyl sites for hydroxylation is 1. The van der Waals surface area contributed by atoms with Crippen molar-refractivity contribution in [3.05, 3.63) is 89.7 Å². The van der Waals surface area contributed by atoms with Gasteiger partial charge in [-0.2, -0.15) is 0 Å². The number of urea groups is 1.